The summed E-state index contributed by atoms with van der Waals surface area (Å²) in [4.78, 5) is 28.2. The van der Waals surface area contributed by atoms with Crippen molar-refractivity contribution in [2.75, 3.05) is 6.26 Å². The molecule has 0 radical (unpaired) electrons. The van der Waals surface area contributed by atoms with E-state index in [2.05, 4.69) is 5.32 Å². The van der Waals surface area contributed by atoms with Crippen molar-refractivity contribution in [1.82, 2.24) is 10.2 Å². The number of aliphatic hydroxyl groups is 1. The average Bonchev–Trinajstić information content (AvgIpc) is 3.49. The molecule has 210 valence electrons. The number of aliphatic hydroxyl groups excluding tert-OH is 1. The zero-order valence-corrected chi connectivity index (χ0v) is 21.4. The van der Waals surface area contributed by atoms with Crippen molar-refractivity contribution < 1.29 is 45.1 Å². The molecule has 2 amide bonds. The number of benzene rings is 2. The predicted octanol–water partition coefficient (Wildman–Crippen LogP) is 3.62. The molecule has 5 rings (SSSR count). The highest BCUT2D eigenvalue weighted by atomic mass is 32.2. The second kappa shape index (κ2) is 9.54. The third kappa shape index (κ3) is 5.25. The number of likely N-dealkylation sites (tertiary alicyclic amines) is 1. The van der Waals surface area contributed by atoms with Crippen molar-refractivity contribution in [1.29, 1.82) is 0 Å². The molecule has 3 fully saturated rings. The first kappa shape index (κ1) is 27.5. The highest BCUT2D eigenvalue weighted by Crippen LogP contribution is 2.49. The van der Waals surface area contributed by atoms with Gasteiger partial charge in [0.25, 0.3) is 5.91 Å². The van der Waals surface area contributed by atoms with Crippen molar-refractivity contribution in [2.45, 2.75) is 61.0 Å². The smallest absolute Gasteiger partial charge is 0.393 e. The van der Waals surface area contributed by atoms with E-state index < -0.39 is 74.7 Å². The molecule has 1 heterocycles. The van der Waals surface area contributed by atoms with Crippen LogP contribution in [0.1, 0.15) is 53.2 Å². The Kier molecular flexibility index (Phi) is 6.73. The first-order valence-electron chi connectivity index (χ1n) is 12.3. The van der Waals surface area contributed by atoms with Crippen LogP contribution in [0.5, 0.6) is 0 Å². The Morgan fingerprint density at radius 3 is 2.36 bits per heavy atom. The van der Waals surface area contributed by atoms with Gasteiger partial charge in [-0.25, -0.2) is 17.2 Å². The first-order chi connectivity index (χ1) is 18.1. The molecular formula is C26H25F5N2O5S. The summed E-state index contributed by atoms with van der Waals surface area (Å²) < 4.78 is 92.4. The number of halogens is 5. The molecule has 0 aromatic heterocycles. The van der Waals surface area contributed by atoms with Crippen LogP contribution in [-0.2, 0) is 20.8 Å². The largest absolute Gasteiger partial charge is 0.419 e. The lowest BCUT2D eigenvalue weighted by molar-refractivity contribution is -0.140. The van der Waals surface area contributed by atoms with E-state index in [1.165, 1.54) is 29.2 Å². The van der Waals surface area contributed by atoms with Gasteiger partial charge in [-0.15, -0.1) is 0 Å². The van der Waals surface area contributed by atoms with Gasteiger partial charge in [-0.1, -0.05) is 6.07 Å². The van der Waals surface area contributed by atoms with Crippen molar-refractivity contribution in [3.63, 3.8) is 0 Å². The van der Waals surface area contributed by atoms with Crippen LogP contribution >= 0.6 is 0 Å². The molecule has 2 aromatic carbocycles. The zero-order chi connectivity index (χ0) is 28.4. The minimum Gasteiger partial charge on any atom is -0.393 e. The van der Waals surface area contributed by atoms with Gasteiger partial charge in [0.15, 0.2) is 9.84 Å². The number of hydrogen-bond acceptors (Lipinski definition) is 5. The molecule has 0 spiro atoms. The lowest BCUT2D eigenvalue weighted by Gasteiger charge is -2.39. The number of carbonyl (C=O) groups is 2. The monoisotopic (exact) mass is 572 g/mol. The summed E-state index contributed by atoms with van der Waals surface area (Å²) in [6.45, 7) is 0. The van der Waals surface area contributed by atoms with Gasteiger partial charge >= 0.3 is 6.18 Å². The molecule has 2 aromatic rings. The second-order valence-electron chi connectivity index (χ2n) is 10.5. The van der Waals surface area contributed by atoms with Gasteiger partial charge in [0.1, 0.15) is 17.7 Å². The molecule has 0 unspecified atom stereocenters. The van der Waals surface area contributed by atoms with Crippen LogP contribution in [0.4, 0.5) is 22.0 Å². The third-order valence-corrected chi connectivity index (χ3v) is 8.91. The number of alkyl halides is 3. The van der Waals surface area contributed by atoms with Crippen molar-refractivity contribution in [2.24, 2.45) is 11.8 Å². The Morgan fingerprint density at radius 2 is 1.74 bits per heavy atom. The number of piperidine rings is 1. The maximum absolute atomic E-state index is 14.9. The fourth-order valence-electron chi connectivity index (χ4n) is 5.61. The number of carbonyl (C=O) groups excluding carboxylic acids is 2. The normalized spacial score (nSPS) is 26.9. The molecule has 2 N–H and O–H groups in total. The first-order valence-corrected chi connectivity index (χ1v) is 14.2. The summed E-state index contributed by atoms with van der Waals surface area (Å²) in [6.07, 6.45) is -3.70. The lowest BCUT2D eigenvalue weighted by Crippen LogP contribution is -2.51. The molecule has 2 aliphatic carbocycles. The molecule has 1 aliphatic heterocycles. The van der Waals surface area contributed by atoms with Crippen LogP contribution in [0.2, 0.25) is 0 Å². The third-order valence-electron chi connectivity index (χ3n) is 7.80. The van der Waals surface area contributed by atoms with Crippen molar-refractivity contribution in [3.8, 4) is 0 Å². The zero-order valence-electron chi connectivity index (χ0n) is 20.6. The molecule has 0 bridgehead atoms. The standard InChI is InChI=1S/C26H25F5N2O5S/c1-39(37,38)16-4-2-3-12(7-16)25(36)33-21-8-13(21)9-22(33)24(35)32-23(14-5-15(34)6-14)17-10-20(28)18(11-19(17)27)26(29,30)31/h2-4,7,10-11,13-15,21-23,34H,5-6,8-9H2,1H3,(H,32,35)/t13-,14?,15?,21-,22-,23-/m1/s1. The van der Waals surface area contributed by atoms with E-state index in [0.717, 1.165) is 6.26 Å². The molecule has 39 heavy (non-hydrogen) atoms. The number of amides is 2. The maximum Gasteiger partial charge on any atom is 0.419 e. The fourth-order valence-corrected chi connectivity index (χ4v) is 6.28. The summed E-state index contributed by atoms with van der Waals surface area (Å²) in [5.74, 6) is -4.83. The van der Waals surface area contributed by atoms with Crippen molar-refractivity contribution in [3.05, 3.63) is 64.7 Å². The average molecular weight is 573 g/mol. The predicted molar refractivity (Wildman–Crippen MR) is 127 cm³/mol. The SMILES string of the molecule is CS(=O)(=O)c1cccc(C(=O)N2[C@@H](C(=O)N[C@@H](c3cc(F)c(C(F)(F)F)cc3F)C3CC(O)C3)C[C@H]3C[C@H]32)c1. The summed E-state index contributed by atoms with van der Waals surface area (Å²) >= 11 is 0. The Labute approximate surface area is 220 Å². The van der Waals surface area contributed by atoms with E-state index in [1.54, 1.807) is 0 Å². The Morgan fingerprint density at radius 1 is 1.05 bits per heavy atom. The van der Waals surface area contributed by atoms with Gasteiger partial charge in [-0.3, -0.25) is 9.59 Å². The van der Waals surface area contributed by atoms with Crippen LogP contribution in [0, 0.1) is 23.5 Å². The van der Waals surface area contributed by atoms with E-state index >= 15 is 0 Å². The van der Waals surface area contributed by atoms with E-state index in [-0.39, 0.29) is 47.7 Å². The van der Waals surface area contributed by atoms with E-state index in [9.17, 15) is 45.1 Å². The molecule has 3 aliphatic rings. The van der Waals surface area contributed by atoms with Gasteiger partial charge < -0.3 is 15.3 Å². The fraction of sp³-hybridized carbons (Fsp3) is 0.462. The molecule has 4 atom stereocenters. The minimum atomic E-state index is -5.12. The Balaban J connectivity index is 1.42. The van der Waals surface area contributed by atoms with Gasteiger partial charge in [0.2, 0.25) is 5.91 Å². The number of hydrogen-bond donors (Lipinski definition) is 2. The number of sulfone groups is 1. The highest BCUT2D eigenvalue weighted by molar-refractivity contribution is 7.90. The van der Waals surface area contributed by atoms with Crippen molar-refractivity contribution >= 4 is 21.7 Å². The topological polar surface area (TPSA) is 104 Å². The van der Waals surface area contributed by atoms with Gasteiger partial charge in [-0.2, -0.15) is 13.2 Å². The second-order valence-corrected chi connectivity index (χ2v) is 12.6. The Bertz CT molecular complexity index is 1440. The number of nitrogens with zero attached hydrogens (tertiary/aromatic N) is 1. The van der Waals surface area contributed by atoms with Crippen LogP contribution in [0.15, 0.2) is 41.3 Å². The van der Waals surface area contributed by atoms with Gasteiger partial charge in [0, 0.05) is 23.4 Å². The molecule has 1 saturated heterocycles. The molecule has 7 nitrogen and oxygen atoms in total. The molecule has 13 heteroatoms. The van der Waals surface area contributed by atoms with Crippen LogP contribution in [0.25, 0.3) is 0 Å². The quantitative estimate of drug-likeness (QED) is 0.515. The minimum absolute atomic E-state index is 0.0343. The summed E-state index contributed by atoms with van der Waals surface area (Å²) in [6, 6.07) is 3.39. The number of nitrogens with one attached hydrogen (secondary N) is 1. The molecule has 2 saturated carbocycles. The highest BCUT2D eigenvalue weighted by Gasteiger charge is 2.56. The number of rotatable bonds is 6. The van der Waals surface area contributed by atoms with Crippen LogP contribution in [-0.4, -0.2) is 54.7 Å². The van der Waals surface area contributed by atoms with Gasteiger partial charge in [0.05, 0.1) is 22.6 Å². The van der Waals surface area contributed by atoms with Crippen LogP contribution in [0.3, 0.4) is 0 Å². The van der Waals surface area contributed by atoms with E-state index in [4.69, 9.17) is 0 Å². The van der Waals surface area contributed by atoms with E-state index in [0.29, 0.717) is 12.5 Å². The Hall–Kier alpha value is -3.06. The van der Waals surface area contributed by atoms with E-state index in [1.807, 2.05) is 0 Å². The molecular weight excluding hydrogens is 547 g/mol. The lowest BCUT2D eigenvalue weighted by atomic mass is 9.74. The number of fused-ring (bicyclic) bond motifs is 1. The summed E-state index contributed by atoms with van der Waals surface area (Å²) in [5.41, 5.74) is -2.18. The maximum atomic E-state index is 14.9. The summed E-state index contributed by atoms with van der Waals surface area (Å²) in [5, 5.41) is 12.4. The van der Waals surface area contributed by atoms with Crippen LogP contribution < -0.4 is 5.32 Å². The van der Waals surface area contributed by atoms with Gasteiger partial charge in [-0.05, 0) is 67.9 Å². The summed E-state index contributed by atoms with van der Waals surface area (Å²) in [7, 11) is -3.60.